The zero-order valence-electron chi connectivity index (χ0n) is 17.4. The number of benzene rings is 2. The van der Waals surface area contributed by atoms with E-state index >= 15 is 0 Å². The van der Waals surface area contributed by atoms with Gasteiger partial charge in [0.05, 0.1) is 4.90 Å². The number of rotatable bonds is 8. The second kappa shape index (κ2) is 10.5. The zero-order chi connectivity index (χ0) is 23.1. The highest BCUT2D eigenvalue weighted by Crippen LogP contribution is 2.31. The maximum atomic E-state index is 13.2. The normalized spacial score (nSPS) is 12.2. The summed E-state index contributed by atoms with van der Waals surface area (Å²) >= 11 is 1.27. The van der Waals surface area contributed by atoms with Crippen molar-refractivity contribution >= 4 is 33.0 Å². The van der Waals surface area contributed by atoms with Crippen LogP contribution in [0.4, 0.5) is 4.39 Å². The van der Waals surface area contributed by atoms with Gasteiger partial charge in [0.25, 0.3) is 0 Å². The molecule has 2 amide bonds. The summed E-state index contributed by atoms with van der Waals surface area (Å²) in [5.41, 5.74) is 1.75. The highest BCUT2D eigenvalue weighted by atomic mass is 32.2. The van der Waals surface area contributed by atoms with E-state index in [0.717, 1.165) is 11.1 Å². The van der Waals surface area contributed by atoms with Crippen LogP contribution in [0.25, 0.3) is 0 Å². The molecule has 0 aliphatic heterocycles. The summed E-state index contributed by atoms with van der Waals surface area (Å²) in [6, 6.07) is 15.8. The smallest absolute Gasteiger partial charge is 0.309 e. The Balaban J connectivity index is 1.61. The van der Waals surface area contributed by atoms with Crippen molar-refractivity contribution in [2.24, 2.45) is 0 Å². The van der Waals surface area contributed by atoms with Crippen LogP contribution in [-0.4, -0.2) is 33.3 Å². The fourth-order valence-corrected chi connectivity index (χ4v) is 5.83. The second-order valence-electron chi connectivity index (χ2n) is 7.20. The van der Waals surface area contributed by atoms with Crippen LogP contribution in [0.2, 0.25) is 0 Å². The van der Waals surface area contributed by atoms with E-state index < -0.39 is 26.9 Å². The number of nitrogens with one attached hydrogen (secondary N) is 2. The van der Waals surface area contributed by atoms with E-state index in [9.17, 15) is 22.4 Å². The maximum absolute atomic E-state index is 13.2. The average Bonchev–Trinajstić information content (AvgIpc) is 3.29. The lowest BCUT2D eigenvalue weighted by Crippen LogP contribution is -2.42. The Bertz CT molecular complexity index is 1160. The molecule has 0 fully saturated rings. The molecule has 0 unspecified atom stereocenters. The molecule has 0 saturated carbocycles. The molecule has 0 radical (unpaired) electrons. The summed E-state index contributed by atoms with van der Waals surface area (Å²) in [5.74, 6) is -2.12. The molecule has 0 saturated heterocycles. The van der Waals surface area contributed by atoms with E-state index in [-0.39, 0.29) is 23.8 Å². The van der Waals surface area contributed by atoms with E-state index in [4.69, 9.17) is 0 Å². The van der Waals surface area contributed by atoms with Gasteiger partial charge >= 0.3 is 11.8 Å². The van der Waals surface area contributed by atoms with Gasteiger partial charge in [0.15, 0.2) is 9.84 Å². The van der Waals surface area contributed by atoms with Gasteiger partial charge < -0.3 is 10.6 Å². The molecular formula is C23H23FN2O4S2. The Kier molecular flexibility index (Phi) is 7.76. The van der Waals surface area contributed by atoms with Crippen LogP contribution in [0.5, 0.6) is 0 Å². The molecule has 0 aliphatic rings. The van der Waals surface area contributed by atoms with Crippen LogP contribution in [0, 0.1) is 12.7 Å². The van der Waals surface area contributed by atoms with Crippen molar-refractivity contribution in [2.75, 3.05) is 13.1 Å². The minimum atomic E-state index is -3.79. The molecule has 2 N–H and O–H groups in total. The first-order chi connectivity index (χ1) is 15.3. The molecule has 6 nitrogen and oxygen atoms in total. The summed E-state index contributed by atoms with van der Waals surface area (Å²) in [6.07, 6.45) is 0.429. The standard InChI is InChI=1S/C23H23FN2O4S2/c1-16-4-10-19(11-5-16)32(29,30)21(20-3-2-14-31-20)15-26-23(28)22(27)25-13-12-17-6-8-18(24)9-7-17/h2-11,14,21H,12-13,15H2,1H3,(H,25,27)(H,26,28)/t21-/m0/s1. The number of thiophene rings is 1. The van der Waals surface area contributed by atoms with E-state index in [0.29, 0.717) is 11.3 Å². The minimum absolute atomic E-state index is 0.152. The van der Waals surface area contributed by atoms with Crippen LogP contribution < -0.4 is 10.6 Å². The van der Waals surface area contributed by atoms with Crippen molar-refractivity contribution in [1.82, 2.24) is 10.6 Å². The summed E-state index contributed by atoms with van der Waals surface area (Å²) in [5, 5.41) is 5.68. The molecule has 3 aromatic rings. The molecule has 168 valence electrons. The Morgan fingerprint density at radius 1 is 0.969 bits per heavy atom. The SMILES string of the molecule is Cc1ccc(S(=O)(=O)[C@@H](CNC(=O)C(=O)NCCc2ccc(F)cc2)c2cccs2)cc1. The van der Waals surface area contributed by atoms with E-state index in [1.54, 1.807) is 41.8 Å². The quantitative estimate of drug-likeness (QED) is 0.491. The van der Waals surface area contributed by atoms with Gasteiger partial charge in [0.1, 0.15) is 11.1 Å². The highest BCUT2D eigenvalue weighted by Gasteiger charge is 2.31. The first-order valence-electron chi connectivity index (χ1n) is 9.92. The van der Waals surface area contributed by atoms with Gasteiger partial charge in [-0.25, -0.2) is 12.8 Å². The van der Waals surface area contributed by atoms with Gasteiger partial charge in [-0.3, -0.25) is 9.59 Å². The third-order valence-corrected chi connectivity index (χ3v) is 8.09. The topological polar surface area (TPSA) is 92.3 Å². The van der Waals surface area contributed by atoms with Gasteiger partial charge in [-0.1, -0.05) is 35.9 Å². The molecule has 0 bridgehead atoms. The predicted molar refractivity (Wildman–Crippen MR) is 122 cm³/mol. The lowest BCUT2D eigenvalue weighted by molar-refractivity contribution is -0.139. The first kappa shape index (κ1) is 23.6. The number of carbonyl (C=O) groups is 2. The number of halogens is 1. The van der Waals surface area contributed by atoms with Crippen LogP contribution >= 0.6 is 11.3 Å². The van der Waals surface area contributed by atoms with Crippen LogP contribution in [-0.2, 0) is 25.8 Å². The summed E-state index contributed by atoms with van der Waals surface area (Å²) in [6.45, 7) is 1.82. The fraction of sp³-hybridized carbons (Fsp3) is 0.217. The van der Waals surface area contributed by atoms with Gasteiger partial charge in [-0.15, -0.1) is 11.3 Å². The molecule has 3 rings (SSSR count). The number of hydrogen-bond acceptors (Lipinski definition) is 5. The molecule has 1 heterocycles. The second-order valence-corrected chi connectivity index (χ2v) is 10.3. The molecule has 1 atom stereocenters. The van der Waals surface area contributed by atoms with Crippen molar-refractivity contribution < 1.29 is 22.4 Å². The Labute approximate surface area is 190 Å². The van der Waals surface area contributed by atoms with E-state index in [2.05, 4.69) is 10.6 Å². The highest BCUT2D eigenvalue weighted by molar-refractivity contribution is 7.91. The Morgan fingerprint density at radius 2 is 1.62 bits per heavy atom. The third-order valence-electron chi connectivity index (χ3n) is 4.85. The minimum Gasteiger partial charge on any atom is -0.348 e. The van der Waals surface area contributed by atoms with Crippen LogP contribution in [0.15, 0.2) is 70.9 Å². The van der Waals surface area contributed by atoms with E-state index in [1.165, 1.54) is 35.6 Å². The summed E-state index contributed by atoms with van der Waals surface area (Å²) in [4.78, 5) is 25.1. The summed E-state index contributed by atoms with van der Waals surface area (Å²) in [7, 11) is -3.79. The summed E-state index contributed by atoms with van der Waals surface area (Å²) < 4.78 is 39.4. The van der Waals surface area contributed by atoms with Crippen molar-refractivity contribution in [1.29, 1.82) is 0 Å². The van der Waals surface area contributed by atoms with Crippen molar-refractivity contribution in [2.45, 2.75) is 23.5 Å². The number of hydrogen-bond donors (Lipinski definition) is 2. The molecule has 9 heteroatoms. The number of carbonyl (C=O) groups excluding carboxylic acids is 2. The van der Waals surface area contributed by atoms with Crippen molar-refractivity contribution in [3.05, 3.63) is 87.9 Å². The number of aryl methyl sites for hydroxylation is 1. The Morgan fingerprint density at radius 3 is 2.25 bits per heavy atom. The largest absolute Gasteiger partial charge is 0.348 e. The monoisotopic (exact) mass is 474 g/mol. The molecule has 0 aliphatic carbocycles. The predicted octanol–water partition coefficient (Wildman–Crippen LogP) is 3.19. The zero-order valence-corrected chi connectivity index (χ0v) is 19.0. The molecule has 0 spiro atoms. The molecule has 32 heavy (non-hydrogen) atoms. The Hall–Kier alpha value is -3.04. The van der Waals surface area contributed by atoms with Crippen molar-refractivity contribution in [3.63, 3.8) is 0 Å². The van der Waals surface area contributed by atoms with Crippen LogP contribution in [0.1, 0.15) is 21.3 Å². The molecular weight excluding hydrogens is 451 g/mol. The van der Waals surface area contributed by atoms with Gasteiger partial charge in [0.2, 0.25) is 0 Å². The third kappa shape index (κ3) is 6.02. The van der Waals surface area contributed by atoms with Gasteiger partial charge in [-0.05, 0) is 54.6 Å². The van der Waals surface area contributed by atoms with Crippen molar-refractivity contribution in [3.8, 4) is 0 Å². The lowest BCUT2D eigenvalue weighted by atomic mass is 10.1. The molecule has 1 aromatic heterocycles. The van der Waals surface area contributed by atoms with Gasteiger partial charge in [0, 0.05) is 18.0 Å². The van der Waals surface area contributed by atoms with E-state index in [1.807, 2.05) is 6.92 Å². The molecule has 2 aromatic carbocycles. The van der Waals surface area contributed by atoms with Gasteiger partial charge in [-0.2, -0.15) is 0 Å². The average molecular weight is 475 g/mol. The number of amides is 2. The maximum Gasteiger partial charge on any atom is 0.309 e. The number of sulfone groups is 1. The first-order valence-corrected chi connectivity index (χ1v) is 12.3. The van der Waals surface area contributed by atoms with Crippen LogP contribution in [0.3, 0.4) is 0 Å². The lowest BCUT2D eigenvalue weighted by Gasteiger charge is -2.17. The fourth-order valence-electron chi connectivity index (χ4n) is 3.05.